The van der Waals surface area contributed by atoms with Crippen molar-refractivity contribution >= 4 is 28.6 Å². The molecule has 6 nitrogen and oxygen atoms in total. The quantitative estimate of drug-likeness (QED) is 0.732. The zero-order valence-electron chi connectivity index (χ0n) is 14.3. The number of aromatic amines is 1. The summed E-state index contributed by atoms with van der Waals surface area (Å²) in [6.45, 7) is 3.44. The highest BCUT2D eigenvalue weighted by Gasteiger charge is 2.31. The number of hydrogen-bond acceptors (Lipinski definition) is 5. The van der Waals surface area contributed by atoms with E-state index in [1.807, 2.05) is 6.92 Å². The van der Waals surface area contributed by atoms with Crippen LogP contribution < -0.4 is 4.90 Å². The Balaban J connectivity index is 1.65. The van der Waals surface area contributed by atoms with Gasteiger partial charge < -0.3 is 10.0 Å². The zero-order chi connectivity index (χ0) is 18.3. The lowest BCUT2D eigenvalue weighted by Gasteiger charge is -2.38. The van der Waals surface area contributed by atoms with Gasteiger partial charge in [0.05, 0.1) is 22.5 Å². The van der Waals surface area contributed by atoms with Gasteiger partial charge in [0.2, 0.25) is 5.65 Å². The minimum absolute atomic E-state index is 0.0267. The fourth-order valence-corrected chi connectivity index (χ4v) is 3.55. The molecule has 0 atom stereocenters. The summed E-state index contributed by atoms with van der Waals surface area (Å²) < 4.78 is 13.7. The van der Waals surface area contributed by atoms with Crippen LogP contribution in [0.3, 0.4) is 0 Å². The summed E-state index contributed by atoms with van der Waals surface area (Å²) in [4.78, 5) is 11.1. The van der Waals surface area contributed by atoms with Crippen molar-refractivity contribution in [3.63, 3.8) is 0 Å². The van der Waals surface area contributed by atoms with E-state index in [-0.39, 0.29) is 5.02 Å². The highest BCUT2D eigenvalue weighted by molar-refractivity contribution is 6.33. The van der Waals surface area contributed by atoms with Crippen molar-refractivity contribution in [3.8, 4) is 11.3 Å². The maximum Gasteiger partial charge on any atom is 0.202 e. The minimum atomic E-state index is -0.582. The van der Waals surface area contributed by atoms with E-state index in [9.17, 15) is 9.50 Å². The first-order chi connectivity index (χ1) is 12.5. The van der Waals surface area contributed by atoms with E-state index in [4.69, 9.17) is 11.6 Å². The van der Waals surface area contributed by atoms with Crippen molar-refractivity contribution in [2.24, 2.45) is 0 Å². The SMILES string of the molecule is CCC1(O)CCN(c2cnc3c(-c4cccc(F)c4Cl)[nH]nc3n2)CC1. The highest BCUT2D eigenvalue weighted by atomic mass is 35.5. The lowest BCUT2D eigenvalue weighted by atomic mass is 9.89. The standard InChI is InChI=1S/C18H19ClFN5O/c1-2-18(26)6-8-25(9-7-18)13-10-21-16-15(23-24-17(16)22-13)11-4-3-5-12(20)14(11)19/h3-5,10,26H,2,6-9H2,1H3,(H,22,23,24). The molecular weight excluding hydrogens is 357 g/mol. The average Bonchev–Trinajstić information content (AvgIpc) is 3.07. The van der Waals surface area contributed by atoms with Crippen LogP contribution in [-0.2, 0) is 0 Å². The number of nitrogens with zero attached hydrogens (tertiary/aromatic N) is 4. The van der Waals surface area contributed by atoms with Crippen molar-refractivity contribution in [1.82, 2.24) is 20.2 Å². The summed E-state index contributed by atoms with van der Waals surface area (Å²) >= 11 is 6.08. The molecule has 1 fully saturated rings. The van der Waals surface area contributed by atoms with E-state index >= 15 is 0 Å². The fourth-order valence-electron chi connectivity index (χ4n) is 3.33. The number of benzene rings is 1. The van der Waals surface area contributed by atoms with E-state index in [2.05, 4.69) is 25.1 Å². The van der Waals surface area contributed by atoms with Gasteiger partial charge in [-0.3, -0.25) is 5.10 Å². The Labute approximate surface area is 155 Å². The molecule has 1 aliphatic heterocycles. The lowest BCUT2D eigenvalue weighted by molar-refractivity contribution is 0.0125. The Bertz CT molecular complexity index is 952. The number of nitrogens with one attached hydrogen (secondary N) is 1. The van der Waals surface area contributed by atoms with Crippen molar-refractivity contribution in [1.29, 1.82) is 0 Å². The minimum Gasteiger partial charge on any atom is -0.390 e. The summed E-state index contributed by atoms with van der Waals surface area (Å²) in [5.74, 6) is 0.229. The molecule has 0 bridgehead atoms. The second kappa shape index (κ2) is 6.48. The molecule has 3 aromatic rings. The predicted molar refractivity (Wildman–Crippen MR) is 98.8 cm³/mol. The molecule has 136 valence electrons. The largest absolute Gasteiger partial charge is 0.390 e. The maximum atomic E-state index is 13.7. The Hall–Kier alpha value is -2.25. The van der Waals surface area contributed by atoms with E-state index in [1.54, 1.807) is 18.3 Å². The number of hydrogen-bond donors (Lipinski definition) is 2. The van der Waals surface area contributed by atoms with Gasteiger partial charge in [-0.2, -0.15) is 5.10 Å². The van der Waals surface area contributed by atoms with E-state index in [0.717, 1.165) is 25.3 Å². The van der Waals surface area contributed by atoms with Crippen LogP contribution in [0.4, 0.5) is 10.2 Å². The molecule has 3 heterocycles. The number of H-pyrrole nitrogens is 1. The smallest absolute Gasteiger partial charge is 0.202 e. The van der Waals surface area contributed by atoms with Crippen molar-refractivity contribution in [2.45, 2.75) is 31.8 Å². The van der Waals surface area contributed by atoms with Gasteiger partial charge in [-0.15, -0.1) is 0 Å². The molecule has 1 aromatic carbocycles. The highest BCUT2D eigenvalue weighted by Crippen LogP contribution is 2.33. The van der Waals surface area contributed by atoms with E-state index in [1.165, 1.54) is 6.07 Å². The second-order valence-electron chi connectivity index (χ2n) is 6.67. The third-order valence-electron chi connectivity index (χ3n) is 5.15. The van der Waals surface area contributed by atoms with Crippen LogP contribution in [0.1, 0.15) is 26.2 Å². The molecule has 0 saturated carbocycles. The van der Waals surface area contributed by atoms with Gasteiger partial charge in [0.25, 0.3) is 0 Å². The number of fused-ring (bicyclic) bond motifs is 1. The Kier molecular flexibility index (Phi) is 4.28. The van der Waals surface area contributed by atoms with Gasteiger partial charge in [0.1, 0.15) is 17.2 Å². The number of aromatic nitrogens is 4. The van der Waals surface area contributed by atoms with Crippen LogP contribution in [0.25, 0.3) is 22.4 Å². The Morgan fingerprint density at radius 2 is 2.12 bits per heavy atom. The predicted octanol–water partition coefficient (Wildman–Crippen LogP) is 3.55. The van der Waals surface area contributed by atoms with Gasteiger partial charge in [-0.1, -0.05) is 30.7 Å². The van der Waals surface area contributed by atoms with Crippen LogP contribution in [0.2, 0.25) is 5.02 Å². The van der Waals surface area contributed by atoms with Gasteiger partial charge >= 0.3 is 0 Å². The average molecular weight is 376 g/mol. The first-order valence-electron chi connectivity index (χ1n) is 8.63. The summed E-state index contributed by atoms with van der Waals surface area (Å²) in [5.41, 5.74) is 1.46. The fraction of sp³-hybridized carbons (Fsp3) is 0.389. The lowest BCUT2D eigenvalue weighted by Crippen LogP contribution is -2.44. The molecule has 0 radical (unpaired) electrons. The van der Waals surface area contributed by atoms with E-state index < -0.39 is 11.4 Å². The third-order valence-corrected chi connectivity index (χ3v) is 5.53. The third kappa shape index (κ3) is 2.91. The molecule has 0 unspecified atom stereocenters. The molecular formula is C18H19ClFN5O. The topological polar surface area (TPSA) is 77.9 Å². The first kappa shape index (κ1) is 17.2. The molecule has 2 N–H and O–H groups in total. The van der Waals surface area contributed by atoms with Crippen LogP contribution in [0.15, 0.2) is 24.4 Å². The molecule has 0 aliphatic carbocycles. The summed E-state index contributed by atoms with van der Waals surface area (Å²) in [5, 5.41) is 17.5. The van der Waals surface area contributed by atoms with Gasteiger partial charge in [-0.25, -0.2) is 14.4 Å². The summed E-state index contributed by atoms with van der Waals surface area (Å²) in [7, 11) is 0. The number of anilines is 1. The number of aliphatic hydroxyl groups is 1. The molecule has 4 rings (SSSR count). The van der Waals surface area contributed by atoms with Crippen molar-refractivity contribution in [2.75, 3.05) is 18.0 Å². The zero-order valence-corrected chi connectivity index (χ0v) is 15.1. The molecule has 1 saturated heterocycles. The Morgan fingerprint density at radius 1 is 1.35 bits per heavy atom. The van der Waals surface area contributed by atoms with Crippen LogP contribution in [0, 0.1) is 5.82 Å². The molecule has 0 spiro atoms. The summed E-state index contributed by atoms with van der Waals surface area (Å²) in [6, 6.07) is 4.61. The number of piperidine rings is 1. The van der Waals surface area contributed by atoms with Gasteiger partial charge in [-0.05, 0) is 25.3 Å². The number of rotatable bonds is 3. The van der Waals surface area contributed by atoms with Gasteiger partial charge in [0, 0.05) is 18.7 Å². The molecule has 2 aromatic heterocycles. The second-order valence-corrected chi connectivity index (χ2v) is 7.04. The first-order valence-corrected chi connectivity index (χ1v) is 9.01. The van der Waals surface area contributed by atoms with Crippen LogP contribution in [0.5, 0.6) is 0 Å². The maximum absolute atomic E-state index is 13.7. The Morgan fingerprint density at radius 3 is 2.85 bits per heavy atom. The molecule has 1 aliphatic rings. The summed E-state index contributed by atoms with van der Waals surface area (Å²) in [6.07, 6.45) is 3.84. The normalized spacial score (nSPS) is 17.0. The number of halogens is 2. The molecule has 8 heteroatoms. The van der Waals surface area contributed by atoms with Crippen molar-refractivity contribution in [3.05, 3.63) is 35.2 Å². The van der Waals surface area contributed by atoms with Crippen LogP contribution in [-0.4, -0.2) is 44.0 Å². The van der Waals surface area contributed by atoms with E-state index in [0.29, 0.717) is 35.3 Å². The van der Waals surface area contributed by atoms with Crippen molar-refractivity contribution < 1.29 is 9.50 Å². The molecule has 26 heavy (non-hydrogen) atoms. The van der Waals surface area contributed by atoms with Crippen LogP contribution >= 0.6 is 11.6 Å². The molecule has 0 amide bonds. The monoisotopic (exact) mass is 375 g/mol. The van der Waals surface area contributed by atoms with Gasteiger partial charge in [0.15, 0.2) is 0 Å².